The van der Waals surface area contributed by atoms with Crippen molar-refractivity contribution in [2.75, 3.05) is 19.8 Å². The molecule has 0 N–H and O–H groups in total. The van der Waals surface area contributed by atoms with Crippen LogP contribution in [0.1, 0.15) is 132 Å². The van der Waals surface area contributed by atoms with Crippen LogP contribution in [0.25, 0.3) is 0 Å². The summed E-state index contributed by atoms with van der Waals surface area (Å²) in [7, 11) is -8.42. The lowest BCUT2D eigenvalue weighted by atomic mass is 10.0. The molecule has 0 aliphatic rings. The van der Waals surface area contributed by atoms with E-state index in [1.807, 2.05) is 121 Å². The molecule has 0 aliphatic heterocycles. The molecule has 0 amide bonds. The van der Waals surface area contributed by atoms with Gasteiger partial charge >= 0.3 is 15.6 Å². The van der Waals surface area contributed by atoms with Gasteiger partial charge in [-0.2, -0.15) is 0 Å². The fraction of sp³-hybridized carbons (Fsp3) is 0.510. The van der Waals surface area contributed by atoms with Crippen LogP contribution in [0.2, 0.25) is 0 Å². The SMILES string of the molecule is CCCCCCCCCCCCCCCCCCOCC(COP(=O)(OCc1ccccc1)OCc1ccccc1)OP(=O)(OCc1ccccc1)OCc1ccccc1. The second kappa shape index (κ2) is 31.0. The minimum atomic E-state index is -4.24. The summed E-state index contributed by atoms with van der Waals surface area (Å²) in [6, 6.07) is 37.5. The van der Waals surface area contributed by atoms with Crippen molar-refractivity contribution in [3.63, 3.8) is 0 Å². The highest BCUT2D eigenvalue weighted by Gasteiger charge is 2.35. The van der Waals surface area contributed by atoms with Gasteiger partial charge in [0.15, 0.2) is 0 Å². The molecule has 0 heterocycles. The topological polar surface area (TPSA) is 98.8 Å². The minimum Gasteiger partial charge on any atom is -0.379 e. The third-order valence-corrected chi connectivity index (χ3v) is 12.9. The first-order valence-electron chi connectivity index (χ1n) is 22.3. The van der Waals surface area contributed by atoms with Gasteiger partial charge in [0.1, 0.15) is 6.10 Å². The molecule has 0 bridgehead atoms. The molecule has 1 atom stereocenters. The van der Waals surface area contributed by atoms with E-state index < -0.39 is 21.7 Å². The minimum absolute atomic E-state index is 0.00689. The molecule has 4 rings (SSSR count). The van der Waals surface area contributed by atoms with E-state index in [0.29, 0.717) is 6.61 Å². The number of phosphoric ester groups is 2. The van der Waals surface area contributed by atoms with Crippen LogP contribution < -0.4 is 0 Å². The highest BCUT2D eigenvalue weighted by Crippen LogP contribution is 2.54. The summed E-state index contributed by atoms with van der Waals surface area (Å²) in [4.78, 5) is 0. The van der Waals surface area contributed by atoms with Gasteiger partial charge in [-0.3, -0.25) is 27.1 Å². The lowest BCUT2D eigenvalue weighted by molar-refractivity contribution is -0.0156. The molecule has 0 saturated carbocycles. The average molecular weight is 865 g/mol. The van der Waals surface area contributed by atoms with Crippen molar-refractivity contribution in [1.82, 2.24) is 0 Å². The molecule has 1 unspecified atom stereocenters. The molecule has 0 fully saturated rings. The van der Waals surface area contributed by atoms with E-state index in [-0.39, 0.29) is 39.6 Å². The number of phosphoric acid groups is 2. The van der Waals surface area contributed by atoms with Crippen molar-refractivity contribution in [2.45, 2.75) is 142 Å². The van der Waals surface area contributed by atoms with E-state index in [1.54, 1.807) is 0 Å². The number of hydrogen-bond acceptors (Lipinski definition) is 9. The molecule has 60 heavy (non-hydrogen) atoms. The van der Waals surface area contributed by atoms with Crippen molar-refractivity contribution >= 4 is 15.6 Å². The quantitative estimate of drug-likeness (QED) is 0.0327. The Hall–Kier alpha value is -2.94. The lowest BCUT2D eigenvalue weighted by Gasteiger charge is -2.26. The van der Waals surface area contributed by atoms with Crippen molar-refractivity contribution < 1.29 is 41.0 Å². The molecular formula is C49H70O9P2. The Morgan fingerprint density at radius 1 is 0.383 bits per heavy atom. The number of rotatable bonds is 36. The van der Waals surface area contributed by atoms with E-state index in [2.05, 4.69) is 6.92 Å². The summed E-state index contributed by atoms with van der Waals surface area (Å²) in [5, 5.41) is 0. The lowest BCUT2D eigenvalue weighted by Crippen LogP contribution is -2.26. The van der Waals surface area contributed by atoms with Crippen molar-refractivity contribution in [3.05, 3.63) is 144 Å². The first-order chi connectivity index (χ1) is 29.5. The Morgan fingerprint density at radius 2 is 0.700 bits per heavy atom. The van der Waals surface area contributed by atoms with Crippen LogP contribution in [0.15, 0.2) is 121 Å². The van der Waals surface area contributed by atoms with Gasteiger partial charge in [0, 0.05) is 6.61 Å². The van der Waals surface area contributed by atoms with Gasteiger partial charge < -0.3 is 4.74 Å². The Bertz CT molecular complexity index is 1620. The van der Waals surface area contributed by atoms with E-state index >= 15 is 0 Å². The zero-order chi connectivity index (χ0) is 42.2. The maximum atomic E-state index is 14.4. The van der Waals surface area contributed by atoms with Crippen molar-refractivity contribution in [3.8, 4) is 0 Å². The first kappa shape index (κ1) is 49.7. The van der Waals surface area contributed by atoms with Gasteiger partial charge in [-0.05, 0) is 28.7 Å². The average Bonchev–Trinajstić information content (AvgIpc) is 3.29. The van der Waals surface area contributed by atoms with Crippen LogP contribution in [0.3, 0.4) is 0 Å². The third-order valence-electron chi connectivity index (χ3n) is 10.1. The van der Waals surface area contributed by atoms with E-state index in [0.717, 1.165) is 41.5 Å². The van der Waals surface area contributed by atoms with E-state index in [1.165, 1.54) is 83.5 Å². The zero-order valence-electron chi connectivity index (χ0n) is 36.0. The molecule has 0 saturated heterocycles. The van der Waals surface area contributed by atoms with Gasteiger partial charge in [-0.15, -0.1) is 0 Å². The van der Waals surface area contributed by atoms with Gasteiger partial charge in [-0.1, -0.05) is 225 Å². The Labute approximate surface area is 361 Å². The van der Waals surface area contributed by atoms with Crippen LogP contribution in [-0.4, -0.2) is 25.9 Å². The standard InChI is InChI=1S/C49H70O9P2/c1-2-3-4-5-6-7-8-9-10-11-12-13-14-15-16-29-38-52-43-49(58-60(51,55-41-47-34-25-19-26-35-47)56-42-48-36-27-20-28-37-48)44-57-59(50,53-39-45-30-21-17-22-31-45)54-40-46-32-23-18-24-33-46/h17-28,30-37,49H,2-16,29,38-44H2,1H3. The summed E-state index contributed by atoms with van der Waals surface area (Å²) >= 11 is 0. The second-order valence-corrected chi connectivity index (χ2v) is 18.6. The predicted molar refractivity (Wildman–Crippen MR) is 241 cm³/mol. The number of hydrogen-bond donors (Lipinski definition) is 0. The highest BCUT2D eigenvalue weighted by molar-refractivity contribution is 7.48. The fourth-order valence-electron chi connectivity index (χ4n) is 6.55. The van der Waals surface area contributed by atoms with E-state index in [4.69, 9.17) is 31.9 Å². The normalized spacial score (nSPS) is 12.5. The zero-order valence-corrected chi connectivity index (χ0v) is 37.7. The summed E-state index contributed by atoms with van der Waals surface area (Å²) in [5.74, 6) is 0. The van der Waals surface area contributed by atoms with Crippen molar-refractivity contribution in [2.24, 2.45) is 0 Å². The van der Waals surface area contributed by atoms with Crippen LogP contribution in [0.5, 0.6) is 0 Å². The van der Waals surface area contributed by atoms with E-state index in [9.17, 15) is 9.13 Å². The van der Waals surface area contributed by atoms with Gasteiger partial charge in [0.25, 0.3) is 0 Å². The third kappa shape index (κ3) is 22.8. The molecule has 0 aliphatic carbocycles. The monoisotopic (exact) mass is 864 g/mol. The smallest absolute Gasteiger partial charge is 0.379 e. The highest BCUT2D eigenvalue weighted by atomic mass is 31.2. The number of ether oxygens (including phenoxy) is 1. The first-order valence-corrected chi connectivity index (χ1v) is 25.2. The molecule has 9 nitrogen and oxygen atoms in total. The van der Waals surface area contributed by atoms with Gasteiger partial charge in [0.2, 0.25) is 0 Å². The summed E-state index contributed by atoms with van der Waals surface area (Å²) in [6.07, 6.45) is 19.6. The Balaban J connectivity index is 1.31. The molecule has 330 valence electrons. The maximum absolute atomic E-state index is 14.4. The summed E-state index contributed by atoms with van der Waals surface area (Å²) in [5.41, 5.74) is 3.19. The van der Waals surface area contributed by atoms with Crippen LogP contribution in [-0.2, 0) is 67.4 Å². The van der Waals surface area contributed by atoms with Crippen LogP contribution >= 0.6 is 15.6 Å². The predicted octanol–water partition coefficient (Wildman–Crippen LogP) is 14.7. The van der Waals surface area contributed by atoms with Gasteiger partial charge in [0.05, 0.1) is 39.6 Å². The molecule has 4 aromatic rings. The molecule has 11 heteroatoms. The van der Waals surface area contributed by atoms with Crippen molar-refractivity contribution in [1.29, 1.82) is 0 Å². The summed E-state index contributed by atoms with van der Waals surface area (Å²) < 4.78 is 70.4. The maximum Gasteiger partial charge on any atom is 0.475 e. The molecule has 0 spiro atoms. The number of benzene rings is 4. The number of unbranched alkanes of at least 4 members (excludes halogenated alkanes) is 15. The Kier molecular flexibility index (Phi) is 25.7. The molecule has 0 aromatic heterocycles. The fourth-order valence-corrected chi connectivity index (χ4v) is 9.04. The van der Waals surface area contributed by atoms with Gasteiger partial charge in [-0.25, -0.2) is 9.13 Å². The largest absolute Gasteiger partial charge is 0.475 e. The van der Waals surface area contributed by atoms with Crippen LogP contribution in [0, 0.1) is 0 Å². The molecule has 0 radical (unpaired) electrons. The Morgan fingerprint density at radius 3 is 1.05 bits per heavy atom. The second-order valence-electron chi connectivity index (χ2n) is 15.3. The summed E-state index contributed by atoms with van der Waals surface area (Å²) in [6.45, 7) is 2.37. The molecule has 4 aromatic carbocycles. The van der Waals surface area contributed by atoms with Crippen LogP contribution in [0.4, 0.5) is 0 Å². The molecular weight excluding hydrogens is 794 g/mol.